The third-order valence-corrected chi connectivity index (χ3v) is 5.88. The first-order valence-corrected chi connectivity index (χ1v) is 10.7. The highest BCUT2D eigenvalue weighted by Crippen LogP contribution is 2.21. The Balaban J connectivity index is 1.51. The summed E-state index contributed by atoms with van der Waals surface area (Å²) in [7, 11) is 1.71. The summed E-state index contributed by atoms with van der Waals surface area (Å²) in [6.45, 7) is 7.97. The van der Waals surface area contributed by atoms with Crippen LogP contribution in [0.2, 0.25) is 0 Å². The van der Waals surface area contributed by atoms with Crippen LogP contribution < -0.4 is 4.90 Å². The molecule has 0 spiro atoms. The van der Waals surface area contributed by atoms with Gasteiger partial charge in [0.25, 0.3) is 0 Å². The van der Waals surface area contributed by atoms with Crippen LogP contribution in [0, 0.1) is 11.7 Å². The fraction of sp³-hybridized carbons (Fsp3) is 0.409. The molecule has 158 valence electrons. The van der Waals surface area contributed by atoms with Gasteiger partial charge in [-0.25, -0.2) is 4.68 Å². The van der Waals surface area contributed by atoms with Crippen molar-refractivity contribution in [2.75, 3.05) is 44.8 Å². The quantitative estimate of drug-likeness (QED) is 0.543. The van der Waals surface area contributed by atoms with Crippen molar-refractivity contribution in [2.45, 2.75) is 20.1 Å². The molecule has 0 unspecified atom stereocenters. The molecule has 1 aliphatic rings. The third kappa shape index (κ3) is 4.61. The SMILES string of the molecule is COCCn1c(-c2cccc(C)c2)nn(CN2CCN(c3ccncc3)CC2)c1=S. The number of ether oxygens (including phenoxy) is 1. The van der Waals surface area contributed by atoms with Crippen molar-refractivity contribution in [1.29, 1.82) is 0 Å². The summed E-state index contributed by atoms with van der Waals surface area (Å²) >= 11 is 5.79. The molecule has 7 nitrogen and oxygen atoms in total. The van der Waals surface area contributed by atoms with Crippen molar-refractivity contribution in [3.63, 3.8) is 0 Å². The molecule has 0 bridgehead atoms. The van der Waals surface area contributed by atoms with Crippen molar-refractivity contribution >= 4 is 17.9 Å². The Morgan fingerprint density at radius 3 is 2.53 bits per heavy atom. The van der Waals surface area contributed by atoms with E-state index in [0.717, 1.165) is 42.3 Å². The Labute approximate surface area is 182 Å². The van der Waals surface area contributed by atoms with E-state index in [2.05, 4.69) is 62.7 Å². The monoisotopic (exact) mass is 424 g/mol. The molecule has 3 heterocycles. The highest BCUT2D eigenvalue weighted by Gasteiger charge is 2.20. The second-order valence-corrected chi connectivity index (χ2v) is 7.94. The molecule has 8 heteroatoms. The van der Waals surface area contributed by atoms with Crippen LogP contribution in [0.1, 0.15) is 5.56 Å². The first-order chi connectivity index (χ1) is 14.7. The maximum absolute atomic E-state index is 5.79. The molecular formula is C22H28N6OS. The number of benzene rings is 1. The molecule has 3 aromatic rings. The Morgan fingerprint density at radius 2 is 1.83 bits per heavy atom. The maximum atomic E-state index is 5.79. The fourth-order valence-corrected chi connectivity index (χ4v) is 4.08. The molecule has 1 saturated heterocycles. The number of aromatic nitrogens is 4. The van der Waals surface area contributed by atoms with E-state index >= 15 is 0 Å². The Hall–Kier alpha value is -2.55. The van der Waals surface area contributed by atoms with Crippen LogP contribution in [0.25, 0.3) is 11.4 Å². The zero-order valence-corrected chi connectivity index (χ0v) is 18.4. The van der Waals surface area contributed by atoms with Crippen LogP contribution in [-0.2, 0) is 18.0 Å². The average Bonchev–Trinajstić information content (AvgIpc) is 3.08. The van der Waals surface area contributed by atoms with E-state index in [4.69, 9.17) is 22.1 Å². The van der Waals surface area contributed by atoms with Gasteiger partial charge >= 0.3 is 0 Å². The summed E-state index contributed by atoms with van der Waals surface area (Å²) in [5.41, 5.74) is 3.52. The molecule has 1 fully saturated rings. The highest BCUT2D eigenvalue weighted by molar-refractivity contribution is 7.71. The second-order valence-electron chi connectivity index (χ2n) is 7.57. The number of anilines is 1. The van der Waals surface area contributed by atoms with Gasteiger partial charge in [0.2, 0.25) is 0 Å². The lowest BCUT2D eigenvalue weighted by Gasteiger charge is -2.35. The summed E-state index contributed by atoms with van der Waals surface area (Å²) < 4.78 is 10.1. The molecule has 1 aliphatic heterocycles. The zero-order chi connectivity index (χ0) is 20.9. The average molecular weight is 425 g/mol. The molecule has 0 aliphatic carbocycles. The highest BCUT2D eigenvalue weighted by atomic mass is 32.1. The van der Waals surface area contributed by atoms with E-state index in [1.165, 1.54) is 11.3 Å². The van der Waals surface area contributed by atoms with Crippen molar-refractivity contribution in [3.8, 4) is 11.4 Å². The Kier molecular flexibility index (Phi) is 6.56. The predicted molar refractivity (Wildman–Crippen MR) is 121 cm³/mol. The minimum Gasteiger partial charge on any atom is -0.383 e. The molecule has 0 saturated carbocycles. The van der Waals surface area contributed by atoms with Gasteiger partial charge in [-0.15, -0.1) is 0 Å². The van der Waals surface area contributed by atoms with Gasteiger partial charge < -0.3 is 9.64 Å². The lowest BCUT2D eigenvalue weighted by Crippen LogP contribution is -2.47. The first-order valence-electron chi connectivity index (χ1n) is 10.3. The van der Waals surface area contributed by atoms with Crippen LogP contribution in [0.15, 0.2) is 48.8 Å². The predicted octanol–water partition coefficient (Wildman–Crippen LogP) is 3.21. The van der Waals surface area contributed by atoms with Crippen molar-refractivity contribution in [2.24, 2.45) is 0 Å². The summed E-state index contributed by atoms with van der Waals surface area (Å²) in [4.78, 5) is 8.91. The van der Waals surface area contributed by atoms with E-state index in [9.17, 15) is 0 Å². The maximum Gasteiger partial charge on any atom is 0.199 e. The van der Waals surface area contributed by atoms with Gasteiger partial charge in [-0.3, -0.25) is 14.5 Å². The number of rotatable bonds is 7. The number of methoxy groups -OCH3 is 1. The molecule has 0 atom stereocenters. The number of piperazine rings is 1. The molecule has 2 aromatic heterocycles. The number of nitrogens with zero attached hydrogens (tertiary/aromatic N) is 6. The van der Waals surface area contributed by atoms with Gasteiger partial charge in [0.1, 0.15) is 0 Å². The number of hydrogen-bond acceptors (Lipinski definition) is 6. The van der Waals surface area contributed by atoms with E-state index in [1.807, 2.05) is 17.1 Å². The topological polar surface area (TPSA) is 51.4 Å². The normalized spacial score (nSPS) is 14.9. The van der Waals surface area contributed by atoms with Gasteiger partial charge in [-0.2, -0.15) is 5.10 Å². The van der Waals surface area contributed by atoms with Crippen LogP contribution in [0.3, 0.4) is 0 Å². The van der Waals surface area contributed by atoms with Gasteiger partial charge in [0, 0.05) is 56.9 Å². The summed E-state index contributed by atoms with van der Waals surface area (Å²) in [6, 6.07) is 12.5. The van der Waals surface area contributed by atoms with E-state index in [0.29, 0.717) is 19.8 Å². The van der Waals surface area contributed by atoms with E-state index in [-0.39, 0.29) is 0 Å². The Morgan fingerprint density at radius 1 is 1.07 bits per heavy atom. The second kappa shape index (κ2) is 9.51. The van der Waals surface area contributed by atoms with Crippen molar-refractivity contribution < 1.29 is 4.74 Å². The Bertz CT molecular complexity index is 1020. The number of aryl methyl sites for hydroxylation is 1. The van der Waals surface area contributed by atoms with E-state index in [1.54, 1.807) is 7.11 Å². The van der Waals surface area contributed by atoms with Gasteiger partial charge in [0.15, 0.2) is 10.6 Å². The van der Waals surface area contributed by atoms with Crippen molar-refractivity contribution in [3.05, 3.63) is 59.1 Å². The molecule has 0 amide bonds. The number of pyridine rings is 1. The lowest BCUT2D eigenvalue weighted by molar-refractivity contribution is 0.183. The van der Waals surface area contributed by atoms with Gasteiger partial charge in [-0.1, -0.05) is 23.8 Å². The largest absolute Gasteiger partial charge is 0.383 e. The minimum atomic E-state index is 0.601. The number of hydrogen-bond donors (Lipinski definition) is 0. The van der Waals surface area contributed by atoms with Crippen LogP contribution in [0.4, 0.5) is 5.69 Å². The molecule has 1 aromatic carbocycles. The van der Waals surface area contributed by atoms with Crippen LogP contribution >= 0.6 is 12.2 Å². The van der Waals surface area contributed by atoms with E-state index < -0.39 is 0 Å². The molecule has 0 radical (unpaired) electrons. The first kappa shape index (κ1) is 20.7. The molecular weight excluding hydrogens is 396 g/mol. The summed E-state index contributed by atoms with van der Waals surface area (Å²) in [6.07, 6.45) is 3.70. The molecule has 0 N–H and O–H groups in total. The summed E-state index contributed by atoms with van der Waals surface area (Å²) in [5, 5.41) is 4.90. The van der Waals surface area contributed by atoms with Crippen LogP contribution in [-0.4, -0.2) is 64.1 Å². The van der Waals surface area contributed by atoms with Gasteiger partial charge in [0.05, 0.1) is 19.8 Å². The lowest BCUT2D eigenvalue weighted by atomic mass is 10.1. The fourth-order valence-electron chi connectivity index (χ4n) is 3.81. The minimum absolute atomic E-state index is 0.601. The summed E-state index contributed by atoms with van der Waals surface area (Å²) in [5.74, 6) is 0.899. The zero-order valence-electron chi connectivity index (χ0n) is 17.6. The van der Waals surface area contributed by atoms with Gasteiger partial charge in [-0.05, 0) is 37.3 Å². The smallest absolute Gasteiger partial charge is 0.199 e. The van der Waals surface area contributed by atoms with Crippen molar-refractivity contribution in [1.82, 2.24) is 24.2 Å². The van der Waals surface area contributed by atoms with Crippen LogP contribution in [0.5, 0.6) is 0 Å². The standard InChI is InChI=1S/C22H28N6OS/c1-18-4-3-5-19(16-18)21-24-28(22(30)27(21)14-15-29-2)17-25-10-12-26(13-11-25)20-6-8-23-9-7-20/h3-9,16H,10-15,17H2,1-2H3. The third-order valence-electron chi connectivity index (χ3n) is 5.45. The molecule has 4 rings (SSSR count). The molecule has 30 heavy (non-hydrogen) atoms.